The predicted molar refractivity (Wildman–Crippen MR) is 104 cm³/mol. The first-order valence-electron chi connectivity index (χ1n) is 9.41. The van der Waals surface area contributed by atoms with Crippen molar-refractivity contribution in [2.45, 2.75) is 39.7 Å². The Kier molecular flexibility index (Phi) is 7.54. The van der Waals surface area contributed by atoms with Crippen LogP contribution < -0.4 is 15.5 Å². The van der Waals surface area contributed by atoms with Crippen LogP contribution in [0.5, 0.6) is 0 Å². The van der Waals surface area contributed by atoms with Crippen molar-refractivity contribution < 1.29 is 23.9 Å². The molecule has 0 aliphatic carbocycles. The van der Waals surface area contributed by atoms with Crippen molar-refractivity contribution in [2.24, 2.45) is 5.92 Å². The first-order valence-corrected chi connectivity index (χ1v) is 9.41. The van der Waals surface area contributed by atoms with E-state index in [-0.39, 0.29) is 36.9 Å². The molecular formula is C20H27N3O5. The van der Waals surface area contributed by atoms with E-state index in [1.165, 1.54) is 0 Å². The van der Waals surface area contributed by atoms with Crippen LogP contribution in [0.3, 0.4) is 0 Å². The highest BCUT2D eigenvalue weighted by molar-refractivity contribution is 5.98. The van der Waals surface area contributed by atoms with Crippen molar-refractivity contribution in [1.29, 1.82) is 0 Å². The molecule has 2 N–H and O–H groups in total. The second-order valence-corrected chi connectivity index (χ2v) is 7.14. The molecule has 0 saturated carbocycles. The van der Waals surface area contributed by atoms with Crippen molar-refractivity contribution in [2.75, 3.05) is 24.6 Å². The van der Waals surface area contributed by atoms with E-state index in [0.29, 0.717) is 18.5 Å². The van der Waals surface area contributed by atoms with Crippen LogP contribution in [0.25, 0.3) is 0 Å². The number of hydrogen-bond acceptors (Lipinski definition) is 5. The summed E-state index contributed by atoms with van der Waals surface area (Å²) < 4.78 is 4.86. The molecular weight excluding hydrogens is 362 g/mol. The van der Waals surface area contributed by atoms with E-state index in [9.17, 15) is 19.2 Å². The molecule has 0 unspecified atom stereocenters. The largest absolute Gasteiger partial charge is 0.454 e. The lowest BCUT2D eigenvalue weighted by Gasteiger charge is -2.17. The summed E-state index contributed by atoms with van der Waals surface area (Å²) in [6.45, 7) is 5.78. The van der Waals surface area contributed by atoms with Crippen LogP contribution in [0.15, 0.2) is 24.3 Å². The minimum atomic E-state index is -0.694. The highest BCUT2D eigenvalue weighted by Gasteiger charge is 2.21. The third-order valence-electron chi connectivity index (χ3n) is 4.66. The molecule has 2 rings (SSSR count). The number of esters is 1. The Hall–Kier alpha value is -2.90. The maximum absolute atomic E-state index is 12.1. The van der Waals surface area contributed by atoms with Gasteiger partial charge in [0.25, 0.3) is 11.8 Å². The van der Waals surface area contributed by atoms with Gasteiger partial charge in [0.15, 0.2) is 6.61 Å². The minimum Gasteiger partial charge on any atom is -0.454 e. The number of carbonyl (C=O) groups is 4. The van der Waals surface area contributed by atoms with Crippen molar-refractivity contribution in [3.05, 3.63) is 29.8 Å². The van der Waals surface area contributed by atoms with Gasteiger partial charge in [0, 0.05) is 30.3 Å². The van der Waals surface area contributed by atoms with Crippen LogP contribution in [0.1, 0.15) is 44.0 Å². The summed E-state index contributed by atoms with van der Waals surface area (Å²) in [5.74, 6) is -1.16. The molecule has 1 aliphatic heterocycles. The molecule has 8 heteroatoms. The standard InChI is InChI=1S/C20H27N3O5/c1-13(2)14(3)22-17(24)12-28-19(26)11-21-20(27)15-6-8-16(9-7-15)23-10-4-5-18(23)25/h6-9,13-14H,4-5,10-12H2,1-3H3,(H,21,27)(H,22,24)/t14-/m1/s1. The average Bonchev–Trinajstić information content (AvgIpc) is 3.10. The molecule has 3 amide bonds. The van der Waals surface area contributed by atoms with Crippen molar-refractivity contribution in [1.82, 2.24) is 10.6 Å². The van der Waals surface area contributed by atoms with E-state index in [2.05, 4.69) is 10.6 Å². The van der Waals surface area contributed by atoms with Gasteiger partial charge in [-0.1, -0.05) is 13.8 Å². The molecule has 8 nitrogen and oxygen atoms in total. The van der Waals surface area contributed by atoms with Gasteiger partial charge in [-0.3, -0.25) is 19.2 Å². The number of hydrogen-bond donors (Lipinski definition) is 2. The third-order valence-corrected chi connectivity index (χ3v) is 4.66. The number of nitrogens with one attached hydrogen (secondary N) is 2. The average molecular weight is 389 g/mol. The first kappa shape index (κ1) is 21.4. The Morgan fingerprint density at radius 1 is 1.14 bits per heavy atom. The van der Waals surface area contributed by atoms with E-state index in [4.69, 9.17) is 4.74 Å². The molecule has 1 saturated heterocycles. The maximum atomic E-state index is 12.1. The monoisotopic (exact) mass is 389 g/mol. The van der Waals surface area contributed by atoms with Gasteiger partial charge in [0.1, 0.15) is 6.54 Å². The summed E-state index contributed by atoms with van der Waals surface area (Å²) in [5.41, 5.74) is 1.12. The van der Waals surface area contributed by atoms with E-state index >= 15 is 0 Å². The van der Waals surface area contributed by atoms with Crippen molar-refractivity contribution in [3.8, 4) is 0 Å². The van der Waals surface area contributed by atoms with Gasteiger partial charge in [0.2, 0.25) is 5.91 Å². The number of carbonyl (C=O) groups excluding carboxylic acids is 4. The molecule has 152 valence electrons. The molecule has 1 heterocycles. The van der Waals surface area contributed by atoms with Crippen LogP contribution in [-0.2, 0) is 19.1 Å². The summed E-state index contributed by atoms with van der Waals surface area (Å²) in [7, 11) is 0. The van der Waals surface area contributed by atoms with Crippen LogP contribution >= 0.6 is 0 Å². The van der Waals surface area contributed by atoms with E-state index in [0.717, 1.165) is 12.1 Å². The molecule has 1 aromatic carbocycles. The van der Waals surface area contributed by atoms with Gasteiger partial charge in [-0.05, 0) is 43.5 Å². The second-order valence-electron chi connectivity index (χ2n) is 7.14. The fourth-order valence-electron chi connectivity index (χ4n) is 2.63. The summed E-state index contributed by atoms with van der Waals surface area (Å²) in [6.07, 6.45) is 1.37. The number of anilines is 1. The summed E-state index contributed by atoms with van der Waals surface area (Å²) in [5, 5.41) is 5.18. The fraction of sp³-hybridized carbons (Fsp3) is 0.500. The van der Waals surface area contributed by atoms with Crippen LogP contribution in [0.4, 0.5) is 5.69 Å². The Labute approximate surface area is 164 Å². The molecule has 1 aromatic rings. The molecule has 1 fully saturated rings. The number of amides is 3. The quantitative estimate of drug-likeness (QED) is 0.651. The number of benzene rings is 1. The summed E-state index contributed by atoms with van der Waals surface area (Å²) >= 11 is 0. The van der Waals surface area contributed by atoms with Gasteiger partial charge in [-0.15, -0.1) is 0 Å². The SMILES string of the molecule is CC(C)[C@@H](C)NC(=O)COC(=O)CNC(=O)c1ccc(N2CCCC2=O)cc1. The molecule has 28 heavy (non-hydrogen) atoms. The zero-order chi connectivity index (χ0) is 20.7. The zero-order valence-electron chi connectivity index (χ0n) is 16.5. The van der Waals surface area contributed by atoms with E-state index in [1.54, 1.807) is 29.2 Å². The lowest BCUT2D eigenvalue weighted by atomic mass is 10.1. The summed E-state index contributed by atoms with van der Waals surface area (Å²) in [4.78, 5) is 48.9. The highest BCUT2D eigenvalue weighted by atomic mass is 16.5. The zero-order valence-corrected chi connectivity index (χ0v) is 16.5. The lowest BCUT2D eigenvalue weighted by Crippen LogP contribution is -2.39. The van der Waals surface area contributed by atoms with Gasteiger partial charge < -0.3 is 20.3 Å². The van der Waals surface area contributed by atoms with E-state index < -0.39 is 11.9 Å². The molecule has 0 radical (unpaired) electrons. The van der Waals surface area contributed by atoms with E-state index in [1.807, 2.05) is 20.8 Å². The van der Waals surface area contributed by atoms with Crippen molar-refractivity contribution in [3.63, 3.8) is 0 Å². The van der Waals surface area contributed by atoms with Crippen LogP contribution in [0, 0.1) is 5.92 Å². The Morgan fingerprint density at radius 3 is 2.39 bits per heavy atom. The maximum Gasteiger partial charge on any atom is 0.325 e. The Morgan fingerprint density at radius 2 is 1.82 bits per heavy atom. The van der Waals surface area contributed by atoms with Gasteiger partial charge in [-0.2, -0.15) is 0 Å². The molecule has 1 atom stereocenters. The molecule has 1 aliphatic rings. The van der Waals surface area contributed by atoms with Gasteiger partial charge >= 0.3 is 5.97 Å². The Balaban J connectivity index is 1.74. The fourth-order valence-corrected chi connectivity index (χ4v) is 2.63. The number of nitrogens with zero attached hydrogens (tertiary/aromatic N) is 1. The second kappa shape index (κ2) is 9.87. The molecule has 0 aromatic heterocycles. The first-order chi connectivity index (χ1) is 13.3. The predicted octanol–water partition coefficient (Wildman–Crippen LogP) is 1.25. The summed E-state index contributed by atoms with van der Waals surface area (Å²) in [6, 6.07) is 6.59. The smallest absolute Gasteiger partial charge is 0.325 e. The normalized spacial score (nSPS) is 14.7. The molecule has 0 spiro atoms. The van der Waals surface area contributed by atoms with Gasteiger partial charge in [-0.25, -0.2) is 0 Å². The minimum absolute atomic E-state index is 0.0234. The van der Waals surface area contributed by atoms with Crippen LogP contribution in [0.2, 0.25) is 0 Å². The van der Waals surface area contributed by atoms with Gasteiger partial charge in [0.05, 0.1) is 0 Å². The highest BCUT2D eigenvalue weighted by Crippen LogP contribution is 2.21. The number of ether oxygens (including phenoxy) is 1. The van der Waals surface area contributed by atoms with Crippen LogP contribution in [-0.4, -0.2) is 49.4 Å². The molecule has 0 bridgehead atoms. The van der Waals surface area contributed by atoms with Crippen molar-refractivity contribution >= 4 is 29.4 Å². The topological polar surface area (TPSA) is 105 Å². The lowest BCUT2D eigenvalue weighted by molar-refractivity contribution is -0.147. The Bertz CT molecular complexity index is 730. The third kappa shape index (κ3) is 6.07. The number of rotatable bonds is 8.